The first kappa shape index (κ1) is 24.3. The van der Waals surface area contributed by atoms with Crippen molar-refractivity contribution in [2.75, 3.05) is 11.3 Å². The fourth-order valence-electron chi connectivity index (χ4n) is 3.90. The number of aliphatic imine (C=N–C) groups is 1. The monoisotopic (exact) mass is 489 g/mol. The van der Waals surface area contributed by atoms with Gasteiger partial charge in [0.05, 0.1) is 10.6 Å². The van der Waals surface area contributed by atoms with Crippen LogP contribution in [0.25, 0.3) is 0 Å². The van der Waals surface area contributed by atoms with Gasteiger partial charge >= 0.3 is 0 Å². The van der Waals surface area contributed by atoms with Crippen LogP contribution in [0.3, 0.4) is 0 Å². The summed E-state index contributed by atoms with van der Waals surface area (Å²) in [6.45, 7) is 4.40. The van der Waals surface area contributed by atoms with E-state index in [1.54, 1.807) is 12.1 Å². The van der Waals surface area contributed by atoms with Gasteiger partial charge in [0.15, 0.2) is 5.78 Å². The van der Waals surface area contributed by atoms with Crippen LogP contribution in [0.2, 0.25) is 0 Å². The van der Waals surface area contributed by atoms with Gasteiger partial charge in [0.2, 0.25) is 5.91 Å². The Labute approximate surface area is 205 Å². The van der Waals surface area contributed by atoms with Gasteiger partial charge in [-0.15, -0.1) is 0 Å². The van der Waals surface area contributed by atoms with E-state index in [2.05, 4.69) is 15.0 Å². The molecule has 2 N–H and O–H groups in total. The van der Waals surface area contributed by atoms with Crippen LogP contribution < -0.4 is 10.0 Å². The van der Waals surface area contributed by atoms with E-state index < -0.39 is 27.6 Å². The molecular weight excluding hydrogens is 462 g/mol. The van der Waals surface area contributed by atoms with Crippen LogP contribution in [-0.4, -0.2) is 32.9 Å². The number of carbonyl (C=O) groups is 2. The van der Waals surface area contributed by atoms with Gasteiger partial charge in [0.25, 0.3) is 10.0 Å². The molecule has 0 saturated heterocycles. The van der Waals surface area contributed by atoms with E-state index in [1.807, 2.05) is 50.2 Å². The summed E-state index contributed by atoms with van der Waals surface area (Å²) in [6, 6.07) is 19.2. The molecule has 0 radical (unpaired) electrons. The van der Waals surface area contributed by atoms with Crippen molar-refractivity contribution in [3.63, 3.8) is 0 Å². The molecular formula is C27H27N3O4S. The lowest BCUT2D eigenvalue weighted by Crippen LogP contribution is -2.38. The zero-order valence-corrected chi connectivity index (χ0v) is 20.4. The molecule has 4 rings (SSSR count). The third kappa shape index (κ3) is 5.66. The molecule has 1 heterocycles. The lowest BCUT2D eigenvalue weighted by molar-refractivity contribution is -0.121. The molecule has 0 saturated carbocycles. The Morgan fingerprint density at radius 1 is 1.00 bits per heavy atom. The Morgan fingerprint density at radius 3 is 2.49 bits per heavy atom. The second-order valence-electron chi connectivity index (χ2n) is 8.49. The molecule has 3 aromatic carbocycles. The summed E-state index contributed by atoms with van der Waals surface area (Å²) in [5.74, 6) is -2.04. The highest BCUT2D eigenvalue weighted by atomic mass is 32.2. The predicted octanol–water partition coefficient (Wildman–Crippen LogP) is 4.23. The van der Waals surface area contributed by atoms with Gasteiger partial charge in [-0.3, -0.25) is 19.3 Å². The number of aryl methyl sites for hydroxylation is 2. The second-order valence-corrected chi connectivity index (χ2v) is 10.2. The number of Topliss-reactive ketones (excluding diaryl/α,β-unsaturated/α-hetero) is 1. The minimum atomic E-state index is -3.93. The Balaban J connectivity index is 1.46. The Morgan fingerprint density at radius 2 is 1.77 bits per heavy atom. The smallest absolute Gasteiger partial charge is 0.261 e. The van der Waals surface area contributed by atoms with Crippen molar-refractivity contribution in [1.29, 1.82) is 0 Å². The number of fused-ring (bicyclic) bond motifs is 1. The first-order valence-electron chi connectivity index (χ1n) is 11.4. The summed E-state index contributed by atoms with van der Waals surface area (Å²) in [5.41, 5.74) is 4.19. The molecule has 0 spiro atoms. The van der Waals surface area contributed by atoms with E-state index in [0.717, 1.165) is 23.1 Å². The molecule has 1 atom stereocenters. The number of amides is 1. The zero-order chi connectivity index (χ0) is 25.0. The average molecular weight is 490 g/mol. The van der Waals surface area contributed by atoms with Gasteiger partial charge in [-0.05, 0) is 61.2 Å². The molecule has 180 valence electrons. The number of nitrogens with zero attached hydrogens (tertiary/aromatic N) is 1. The molecule has 1 unspecified atom stereocenters. The molecule has 8 heteroatoms. The summed E-state index contributed by atoms with van der Waals surface area (Å²) in [7, 11) is -3.93. The van der Waals surface area contributed by atoms with Crippen molar-refractivity contribution in [1.82, 2.24) is 5.32 Å². The fourth-order valence-corrected chi connectivity index (χ4v) is 4.98. The third-order valence-electron chi connectivity index (χ3n) is 5.88. The number of ketones is 1. The van der Waals surface area contributed by atoms with Crippen LogP contribution >= 0.6 is 0 Å². The van der Waals surface area contributed by atoms with Crippen LogP contribution in [0.4, 0.5) is 11.4 Å². The van der Waals surface area contributed by atoms with Crippen LogP contribution in [-0.2, 0) is 27.7 Å². The maximum atomic E-state index is 13.1. The Kier molecular flexibility index (Phi) is 7.12. The first-order valence-corrected chi connectivity index (χ1v) is 12.9. The van der Waals surface area contributed by atoms with Crippen LogP contribution in [0.5, 0.6) is 0 Å². The fraction of sp³-hybridized carbons (Fsp3) is 0.222. The molecule has 1 amide bonds. The Bertz CT molecular complexity index is 1400. The number of rotatable bonds is 8. The van der Waals surface area contributed by atoms with Gasteiger partial charge in [-0.2, -0.15) is 0 Å². The lowest BCUT2D eigenvalue weighted by atomic mass is 9.94. The molecule has 0 aliphatic carbocycles. The number of carbonyl (C=O) groups excluding carboxylic acids is 2. The quantitative estimate of drug-likeness (QED) is 0.462. The number of anilines is 1. The van der Waals surface area contributed by atoms with Gasteiger partial charge in [-0.1, -0.05) is 48.9 Å². The molecule has 7 nitrogen and oxygen atoms in total. The van der Waals surface area contributed by atoms with E-state index in [-0.39, 0.29) is 10.5 Å². The highest BCUT2D eigenvalue weighted by molar-refractivity contribution is 7.92. The summed E-state index contributed by atoms with van der Waals surface area (Å²) in [5, 5.41) is 2.79. The molecule has 1 aliphatic heterocycles. The van der Waals surface area contributed by atoms with Crippen LogP contribution in [0, 0.1) is 12.8 Å². The molecule has 1 aliphatic rings. The van der Waals surface area contributed by atoms with E-state index >= 15 is 0 Å². The summed E-state index contributed by atoms with van der Waals surface area (Å²) in [4.78, 5) is 29.9. The standard InChI is InChI=1S/C27H27N3O4S/c1-3-19-7-9-21(10-8-19)30-35(33,34)22-11-12-25-23(16-22)26(31)24(17-29-25)27(32)28-14-13-20-6-4-5-18(2)15-20/h4-12,15-17,24,30H,3,13-14H2,1-2H3,(H,28,32). The highest BCUT2D eigenvalue weighted by Crippen LogP contribution is 2.29. The molecule has 0 aromatic heterocycles. The number of hydrogen-bond acceptors (Lipinski definition) is 5. The molecule has 0 fully saturated rings. The van der Waals surface area contributed by atoms with Crippen molar-refractivity contribution >= 4 is 39.3 Å². The van der Waals surface area contributed by atoms with Gasteiger partial charge in [-0.25, -0.2) is 8.42 Å². The minimum Gasteiger partial charge on any atom is -0.355 e. The van der Waals surface area contributed by atoms with Crippen molar-refractivity contribution in [2.45, 2.75) is 31.6 Å². The number of nitrogens with one attached hydrogen (secondary N) is 2. The molecule has 35 heavy (non-hydrogen) atoms. The van der Waals surface area contributed by atoms with Crippen LogP contribution in [0.15, 0.2) is 76.6 Å². The first-order chi connectivity index (χ1) is 16.8. The minimum absolute atomic E-state index is 0.0696. The molecule has 3 aromatic rings. The van der Waals surface area contributed by atoms with Crippen molar-refractivity contribution in [2.24, 2.45) is 10.9 Å². The van der Waals surface area contributed by atoms with Crippen LogP contribution in [0.1, 0.15) is 34.0 Å². The summed E-state index contributed by atoms with van der Waals surface area (Å²) < 4.78 is 28.4. The van der Waals surface area contributed by atoms with Crippen molar-refractivity contribution in [3.8, 4) is 0 Å². The highest BCUT2D eigenvalue weighted by Gasteiger charge is 2.31. The summed E-state index contributed by atoms with van der Waals surface area (Å²) in [6.07, 6.45) is 2.80. The second kappa shape index (κ2) is 10.2. The van der Waals surface area contributed by atoms with Crippen molar-refractivity contribution in [3.05, 3.63) is 89.0 Å². The topological polar surface area (TPSA) is 105 Å². The third-order valence-corrected chi connectivity index (χ3v) is 7.26. The van der Waals surface area contributed by atoms with Gasteiger partial charge in [0.1, 0.15) is 5.92 Å². The molecule has 0 bridgehead atoms. The maximum Gasteiger partial charge on any atom is 0.261 e. The van der Waals surface area contributed by atoms with E-state index in [9.17, 15) is 18.0 Å². The normalized spacial score (nSPS) is 14.9. The van der Waals surface area contributed by atoms with Gasteiger partial charge < -0.3 is 5.32 Å². The largest absolute Gasteiger partial charge is 0.355 e. The average Bonchev–Trinajstić information content (AvgIpc) is 2.84. The summed E-state index contributed by atoms with van der Waals surface area (Å²) >= 11 is 0. The van der Waals surface area contributed by atoms with Crippen molar-refractivity contribution < 1.29 is 18.0 Å². The number of hydrogen-bond donors (Lipinski definition) is 2. The predicted molar refractivity (Wildman–Crippen MR) is 137 cm³/mol. The van der Waals surface area contributed by atoms with Gasteiger partial charge in [0, 0.05) is 24.0 Å². The van der Waals surface area contributed by atoms with E-state index in [1.165, 1.54) is 24.4 Å². The van der Waals surface area contributed by atoms with E-state index in [0.29, 0.717) is 24.3 Å². The number of benzene rings is 3. The van der Waals surface area contributed by atoms with E-state index in [4.69, 9.17) is 0 Å². The Hall–Kier alpha value is -3.78. The lowest BCUT2D eigenvalue weighted by Gasteiger charge is -2.18. The zero-order valence-electron chi connectivity index (χ0n) is 19.6. The SMILES string of the molecule is CCc1ccc(NS(=O)(=O)c2ccc3c(c2)C(=O)C(C(=O)NCCc2cccc(C)c2)C=N3)cc1. The number of sulfonamides is 1. The maximum absolute atomic E-state index is 13.1.